The van der Waals surface area contributed by atoms with Gasteiger partial charge in [0.05, 0.1) is 0 Å². The Bertz CT molecular complexity index is 99.1. The molecule has 0 heterocycles. The molecule has 60 valence electrons. The van der Waals surface area contributed by atoms with E-state index in [-0.39, 0.29) is 31.7 Å². The Morgan fingerprint density at radius 2 is 1.45 bits per heavy atom. The maximum Gasteiger partial charge on any atom is 1.00 e. The number of rotatable bonds is 2. The number of carboxylic acid groups (broad SMARTS) is 2. The molecule has 0 amide bonds. The van der Waals surface area contributed by atoms with Crippen molar-refractivity contribution >= 4 is 11.9 Å². The molecule has 0 rings (SSSR count). The van der Waals surface area contributed by atoms with Gasteiger partial charge in [0.15, 0.2) is 0 Å². The minimum atomic E-state index is -0.995. The standard InChI is InChI=1S/2C3H6O2.Li/c2*1-2-3(4)5;/h2*2H2,1H3,(H,4,5);/q;;+1/p-1. The van der Waals surface area contributed by atoms with E-state index in [1.165, 1.54) is 6.92 Å². The number of carboxylic acids is 2. The monoisotopic (exact) mass is 154 g/mol. The first-order chi connectivity index (χ1) is 4.54. The van der Waals surface area contributed by atoms with E-state index in [2.05, 4.69) is 0 Å². The molecule has 0 aromatic carbocycles. The van der Waals surface area contributed by atoms with Crippen LogP contribution in [0.15, 0.2) is 0 Å². The van der Waals surface area contributed by atoms with Gasteiger partial charge >= 0.3 is 24.8 Å². The van der Waals surface area contributed by atoms with Crippen molar-refractivity contribution in [1.82, 2.24) is 0 Å². The molecule has 0 aromatic heterocycles. The SMILES string of the molecule is CCC(=O)O.CCC(=O)[O-].[Li+]. The quantitative estimate of drug-likeness (QED) is 0.421. The predicted molar refractivity (Wildman–Crippen MR) is 33.2 cm³/mol. The van der Waals surface area contributed by atoms with Crippen LogP contribution in [0.25, 0.3) is 0 Å². The van der Waals surface area contributed by atoms with Crippen LogP contribution in [0.1, 0.15) is 26.7 Å². The first-order valence-electron chi connectivity index (χ1n) is 2.96. The van der Waals surface area contributed by atoms with E-state index in [0.29, 0.717) is 0 Å². The van der Waals surface area contributed by atoms with Gasteiger partial charge in [-0.3, -0.25) is 4.79 Å². The summed E-state index contributed by atoms with van der Waals surface area (Å²) in [6, 6.07) is 0. The molecule has 0 saturated carbocycles. The van der Waals surface area contributed by atoms with E-state index in [0.717, 1.165) is 0 Å². The summed E-state index contributed by atoms with van der Waals surface area (Å²) >= 11 is 0. The topological polar surface area (TPSA) is 77.4 Å². The van der Waals surface area contributed by atoms with Crippen molar-refractivity contribution in [1.29, 1.82) is 0 Å². The molecular weight excluding hydrogens is 143 g/mol. The second-order valence-corrected chi connectivity index (χ2v) is 1.47. The number of carbonyl (C=O) groups excluding carboxylic acids is 1. The van der Waals surface area contributed by atoms with Gasteiger partial charge < -0.3 is 15.0 Å². The van der Waals surface area contributed by atoms with Gasteiger partial charge in [-0.05, 0) is 6.42 Å². The van der Waals surface area contributed by atoms with Gasteiger partial charge in [0.2, 0.25) is 0 Å². The molecule has 0 radical (unpaired) electrons. The van der Waals surface area contributed by atoms with Crippen LogP contribution in [0.5, 0.6) is 0 Å². The molecule has 4 nitrogen and oxygen atoms in total. The fourth-order valence-corrected chi connectivity index (χ4v) is 0. The fraction of sp³-hybridized carbons (Fsp3) is 0.667. The van der Waals surface area contributed by atoms with E-state index >= 15 is 0 Å². The third-order valence-electron chi connectivity index (χ3n) is 0.591. The Hall–Kier alpha value is -0.463. The van der Waals surface area contributed by atoms with Gasteiger partial charge in [-0.1, -0.05) is 13.8 Å². The van der Waals surface area contributed by atoms with Crippen LogP contribution in [-0.2, 0) is 9.59 Å². The molecule has 0 unspecified atom stereocenters. The average molecular weight is 154 g/mol. The van der Waals surface area contributed by atoms with Gasteiger partial charge in [0, 0.05) is 12.4 Å². The van der Waals surface area contributed by atoms with Crippen LogP contribution in [-0.4, -0.2) is 17.0 Å². The molecule has 0 aliphatic rings. The Labute approximate surface area is 77.8 Å². The maximum absolute atomic E-state index is 9.37. The summed E-state index contributed by atoms with van der Waals surface area (Å²) in [6.45, 7) is 3.14. The van der Waals surface area contributed by atoms with Crippen LogP contribution in [0.4, 0.5) is 0 Å². The van der Waals surface area contributed by atoms with Gasteiger partial charge in [-0.25, -0.2) is 0 Å². The van der Waals surface area contributed by atoms with Crippen LogP contribution >= 0.6 is 0 Å². The molecule has 0 saturated heterocycles. The van der Waals surface area contributed by atoms with Crippen LogP contribution in [0.2, 0.25) is 0 Å². The van der Waals surface area contributed by atoms with Crippen molar-refractivity contribution in [2.24, 2.45) is 0 Å². The molecule has 11 heavy (non-hydrogen) atoms. The Morgan fingerprint density at radius 3 is 1.45 bits per heavy atom. The maximum atomic E-state index is 9.37. The average Bonchev–Trinajstić information content (AvgIpc) is 1.89. The van der Waals surface area contributed by atoms with E-state index in [1.807, 2.05) is 0 Å². The number of hydrogen-bond acceptors (Lipinski definition) is 3. The third kappa shape index (κ3) is 43.3. The number of hydrogen-bond donors (Lipinski definition) is 1. The normalized spacial score (nSPS) is 6.73. The van der Waals surface area contributed by atoms with Crippen molar-refractivity contribution < 1.29 is 38.7 Å². The molecule has 0 bridgehead atoms. The van der Waals surface area contributed by atoms with E-state index in [1.54, 1.807) is 6.92 Å². The molecule has 0 aliphatic carbocycles. The van der Waals surface area contributed by atoms with Gasteiger partial charge in [-0.2, -0.15) is 0 Å². The predicted octanol–water partition coefficient (Wildman–Crippen LogP) is -3.37. The summed E-state index contributed by atoms with van der Waals surface area (Å²) in [5.74, 6) is -1.74. The smallest absolute Gasteiger partial charge is 0.550 e. The van der Waals surface area contributed by atoms with Crippen LogP contribution in [0.3, 0.4) is 0 Å². The summed E-state index contributed by atoms with van der Waals surface area (Å²) < 4.78 is 0. The Kier molecular flexibility index (Phi) is 18.8. The largest absolute Gasteiger partial charge is 1.00 e. The van der Waals surface area contributed by atoms with Crippen molar-refractivity contribution in [2.45, 2.75) is 26.7 Å². The van der Waals surface area contributed by atoms with E-state index in [4.69, 9.17) is 5.11 Å². The van der Waals surface area contributed by atoms with Crippen LogP contribution < -0.4 is 24.0 Å². The van der Waals surface area contributed by atoms with Crippen molar-refractivity contribution in [2.75, 3.05) is 0 Å². The fourth-order valence-electron chi connectivity index (χ4n) is 0. The molecular formula is C6H11LiO4. The van der Waals surface area contributed by atoms with Gasteiger partial charge in [0.1, 0.15) is 0 Å². The van der Waals surface area contributed by atoms with E-state index in [9.17, 15) is 14.7 Å². The summed E-state index contributed by atoms with van der Waals surface area (Å²) in [5.41, 5.74) is 0. The molecule has 0 aromatic rings. The number of carbonyl (C=O) groups is 2. The minimum absolute atomic E-state index is 0. The zero-order chi connectivity index (χ0) is 8.57. The molecule has 1 N–H and O–H groups in total. The summed E-state index contributed by atoms with van der Waals surface area (Å²) in [5, 5.41) is 17.0. The Morgan fingerprint density at radius 1 is 1.27 bits per heavy atom. The van der Waals surface area contributed by atoms with Crippen molar-refractivity contribution in [3.8, 4) is 0 Å². The third-order valence-corrected chi connectivity index (χ3v) is 0.591. The minimum Gasteiger partial charge on any atom is -0.550 e. The summed E-state index contributed by atoms with van der Waals surface area (Å²) in [4.78, 5) is 18.6. The van der Waals surface area contributed by atoms with Crippen molar-refractivity contribution in [3.05, 3.63) is 0 Å². The van der Waals surface area contributed by atoms with Gasteiger partial charge in [0.25, 0.3) is 0 Å². The molecule has 0 spiro atoms. The first-order valence-corrected chi connectivity index (χ1v) is 2.96. The summed E-state index contributed by atoms with van der Waals surface area (Å²) in [6.07, 6.45) is 0.333. The Balaban J connectivity index is -0.000000107. The zero-order valence-corrected chi connectivity index (χ0v) is 7.09. The first kappa shape index (κ1) is 16.9. The van der Waals surface area contributed by atoms with Crippen LogP contribution in [0, 0.1) is 0 Å². The molecule has 0 aliphatic heterocycles. The second kappa shape index (κ2) is 12.2. The number of aliphatic carboxylic acids is 2. The van der Waals surface area contributed by atoms with Crippen molar-refractivity contribution in [3.63, 3.8) is 0 Å². The van der Waals surface area contributed by atoms with Gasteiger partial charge in [-0.15, -0.1) is 0 Å². The summed E-state index contributed by atoms with van der Waals surface area (Å²) in [7, 11) is 0. The van der Waals surface area contributed by atoms with E-state index < -0.39 is 11.9 Å². The molecule has 5 heteroatoms. The molecule has 0 fully saturated rings. The second-order valence-electron chi connectivity index (χ2n) is 1.47. The zero-order valence-electron chi connectivity index (χ0n) is 7.09. The molecule has 0 atom stereocenters.